The van der Waals surface area contributed by atoms with E-state index in [0.717, 1.165) is 4.47 Å². The van der Waals surface area contributed by atoms with E-state index in [9.17, 15) is 4.79 Å². The number of rotatable bonds is 2. The number of carbonyl (C=O) groups is 1. The molecule has 1 rings (SSSR count). The van der Waals surface area contributed by atoms with Gasteiger partial charge in [0.05, 0.1) is 16.8 Å². The second-order valence-electron chi connectivity index (χ2n) is 2.90. The third kappa shape index (κ3) is 2.97. The van der Waals surface area contributed by atoms with Crippen molar-refractivity contribution in [1.29, 1.82) is 0 Å². The molecule has 5 heteroatoms. The van der Waals surface area contributed by atoms with Crippen molar-refractivity contribution in [3.63, 3.8) is 0 Å². The molecule has 14 heavy (non-hydrogen) atoms. The highest BCUT2D eigenvalue weighted by atomic mass is 79.9. The zero-order chi connectivity index (χ0) is 10.7. The van der Waals surface area contributed by atoms with Gasteiger partial charge in [0.2, 0.25) is 5.91 Å². The van der Waals surface area contributed by atoms with Crippen molar-refractivity contribution in [2.45, 2.75) is 13.0 Å². The van der Waals surface area contributed by atoms with Gasteiger partial charge in [0.15, 0.2) is 0 Å². The highest BCUT2D eigenvalue weighted by Crippen LogP contribution is 2.25. The van der Waals surface area contributed by atoms with E-state index >= 15 is 0 Å². The van der Waals surface area contributed by atoms with Gasteiger partial charge in [0.25, 0.3) is 0 Å². The fraction of sp³-hybridized carbons (Fsp3) is 0.222. The molecule has 1 aromatic carbocycles. The minimum atomic E-state index is -0.551. The van der Waals surface area contributed by atoms with E-state index in [2.05, 4.69) is 21.2 Å². The van der Waals surface area contributed by atoms with Gasteiger partial charge in [0, 0.05) is 4.47 Å². The van der Waals surface area contributed by atoms with Gasteiger partial charge >= 0.3 is 0 Å². The zero-order valence-corrected chi connectivity index (χ0v) is 9.89. The summed E-state index contributed by atoms with van der Waals surface area (Å²) in [6.45, 7) is 1.61. The molecule has 1 amide bonds. The number of benzene rings is 1. The summed E-state index contributed by atoms with van der Waals surface area (Å²) in [5.41, 5.74) is 5.96. The zero-order valence-electron chi connectivity index (χ0n) is 7.55. The van der Waals surface area contributed by atoms with Crippen LogP contribution in [0.1, 0.15) is 6.92 Å². The molecule has 0 spiro atoms. The molecule has 3 nitrogen and oxygen atoms in total. The Morgan fingerprint density at radius 2 is 2.29 bits per heavy atom. The molecule has 0 aliphatic rings. The fourth-order valence-corrected chi connectivity index (χ4v) is 1.37. The van der Waals surface area contributed by atoms with E-state index in [4.69, 9.17) is 17.3 Å². The Labute approximate surface area is 95.7 Å². The number of anilines is 1. The maximum atomic E-state index is 11.3. The summed E-state index contributed by atoms with van der Waals surface area (Å²) < 4.78 is 0.849. The van der Waals surface area contributed by atoms with Crippen molar-refractivity contribution in [3.8, 4) is 0 Å². The normalized spacial score (nSPS) is 12.3. The van der Waals surface area contributed by atoms with Gasteiger partial charge in [-0.05, 0) is 25.1 Å². The summed E-state index contributed by atoms with van der Waals surface area (Å²) in [5.74, 6) is -0.259. The molecule has 0 aliphatic carbocycles. The van der Waals surface area contributed by atoms with E-state index in [-0.39, 0.29) is 5.91 Å². The Morgan fingerprint density at radius 3 is 2.86 bits per heavy atom. The topological polar surface area (TPSA) is 55.1 Å². The molecular weight excluding hydrogens is 267 g/mol. The summed E-state index contributed by atoms with van der Waals surface area (Å²) in [5, 5.41) is 3.11. The monoisotopic (exact) mass is 276 g/mol. The lowest BCUT2D eigenvalue weighted by atomic mass is 10.3. The molecule has 0 fully saturated rings. The Balaban J connectivity index is 2.86. The molecule has 0 saturated heterocycles. The highest BCUT2D eigenvalue weighted by Gasteiger charge is 2.09. The Bertz CT molecular complexity index is 355. The van der Waals surface area contributed by atoms with E-state index in [1.807, 2.05) is 0 Å². The van der Waals surface area contributed by atoms with E-state index in [0.29, 0.717) is 10.7 Å². The van der Waals surface area contributed by atoms with Crippen LogP contribution in [0, 0.1) is 0 Å². The van der Waals surface area contributed by atoms with Crippen LogP contribution >= 0.6 is 27.5 Å². The smallest absolute Gasteiger partial charge is 0.241 e. The molecule has 76 valence electrons. The summed E-state index contributed by atoms with van der Waals surface area (Å²) in [7, 11) is 0. The SMILES string of the molecule is C[C@@H](N)C(=O)Nc1cc(Br)ccc1Cl. The molecule has 0 aromatic heterocycles. The van der Waals surface area contributed by atoms with E-state index < -0.39 is 6.04 Å². The quantitative estimate of drug-likeness (QED) is 0.872. The second kappa shape index (κ2) is 4.77. The van der Waals surface area contributed by atoms with Gasteiger partial charge in [0.1, 0.15) is 0 Å². The van der Waals surface area contributed by atoms with Crippen molar-refractivity contribution in [1.82, 2.24) is 0 Å². The number of hydrogen-bond donors (Lipinski definition) is 2. The fourth-order valence-electron chi connectivity index (χ4n) is 0.840. The number of carbonyl (C=O) groups excluding carboxylic acids is 1. The van der Waals surface area contributed by atoms with Gasteiger partial charge in [-0.2, -0.15) is 0 Å². The minimum absolute atomic E-state index is 0.259. The predicted molar refractivity (Wildman–Crippen MR) is 61.4 cm³/mol. The summed E-state index contributed by atoms with van der Waals surface area (Å²) >= 11 is 9.15. The first-order chi connectivity index (χ1) is 6.50. The molecule has 0 aliphatic heterocycles. The highest BCUT2D eigenvalue weighted by molar-refractivity contribution is 9.10. The Kier molecular flexibility index (Phi) is 3.92. The molecule has 1 atom stereocenters. The van der Waals surface area contributed by atoms with Gasteiger partial charge in [-0.3, -0.25) is 4.79 Å². The van der Waals surface area contributed by atoms with Crippen LogP contribution in [0.5, 0.6) is 0 Å². The van der Waals surface area contributed by atoms with Crippen molar-refractivity contribution in [2.75, 3.05) is 5.32 Å². The number of hydrogen-bond acceptors (Lipinski definition) is 2. The van der Waals surface area contributed by atoms with Crippen LogP contribution in [0.15, 0.2) is 22.7 Å². The van der Waals surface area contributed by atoms with Crippen LogP contribution in [-0.4, -0.2) is 11.9 Å². The van der Waals surface area contributed by atoms with Crippen molar-refractivity contribution in [3.05, 3.63) is 27.7 Å². The standard InChI is InChI=1S/C9H10BrClN2O/c1-5(12)9(14)13-8-4-6(10)2-3-7(8)11/h2-5H,12H2,1H3,(H,13,14)/t5-/m1/s1. The van der Waals surface area contributed by atoms with Crippen molar-refractivity contribution >= 4 is 39.1 Å². The predicted octanol–water partition coefficient (Wildman–Crippen LogP) is 2.39. The third-order valence-electron chi connectivity index (χ3n) is 1.60. The van der Waals surface area contributed by atoms with Gasteiger partial charge < -0.3 is 11.1 Å². The first-order valence-electron chi connectivity index (χ1n) is 4.02. The van der Waals surface area contributed by atoms with E-state index in [1.54, 1.807) is 25.1 Å². The largest absolute Gasteiger partial charge is 0.323 e. The van der Waals surface area contributed by atoms with Gasteiger partial charge in [-0.1, -0.05) is 27.5 Å². The van der Waals surface area contributed by atoms with Gasteiger partial charge in [-0.15, -0.1) is 0 Å². The van der Waals surface area contributed by atoms with Crippen LogP contribution in [-0.2, 0) is 4.79 Å². The third-order valence-corrected chi connectivity index (χ3v) is 2.42. The maximum Gasteiger partial charge on any atom is 0.241 e. The summed E-state index contributed by atoms with van der Waals surface area (Å²) in [6, 6.07) is 4.67. The molecule has 0 heterocycles. The number of nitrogens with two attached hydrogens (primary N) is 1. The number of amides is 1. The van der Waals surface area contributed by atoms with Crippen LogP contribution in [0.25, 0.3) is 0 Å². The van der Waals surface area contributed by atoms with Crippen LogP contribution in [0.2, 0.25) is 5.02 Å². The summed E-state index contributed by atoms with van der Waals surface area (Å²) in [4.78, 5) is 11.3. The van der Waals surface area contributed by atoms with E-state index in [1.165, 1.54) is 0 Å². The average molecular weight is 278 g/mol. The Morgan fingerprint density at radius 1 is 1.64 bits per heavy atom. The Hall–Kier alpha value is -0.580. The van der Waals surface area contributed by atoms with Crippen LogP contribution in [0.4, 0.5) is 5.69 Å². The maximum absolute atomic E-state index is 11.3. The first-order valence-corrected chi connectivity index (χ1v) is 5.19. The van der Waals surface area contributed by atoms with Crippen molar-refractivity contribution < 1.29 is 4.79 Å². The summed E-state index contributed by atoms with van der Waals surface area (Å²) in [6.07, 6.45) is 0. The van der Waals surface area contributed by atoms with Crippen LogP contribution < -0.4 is 11.1 Å². The number of nitrogens with one attached hydrogen (secondary N) is 1. The molecule has 0 saturated carbocycles. The first kappa shape index (κ1) is 11.5. The lowest BCUT2D eigenvalue weighted by Crippen LogP contribution is -2.32. The molecule has 0 bridgehead atoms. The number of halogens is 2. The minimum Gasteiger partial charge on any atom is -0.323 e. The van der Waals surface area contributed by atoms with Crippen molar-refractivity contribution in [2.24, 2.45) is 5.73 Å². The molecule has 3 N–H and O–H groups in total. The lowest BCUT2D eigenvalue weighted by molar-refractivity contribution is -0.117. The lowest BCUT2D eigenvalue weighted by Gasteiger charge is -2.09. The van der Waals surface area contributed by atoms with Crippen LogP contribution in [0.3, 0.4) is 0 Å². The molecular formula is C9H10BrClN2O. The molecule has 1 aromatic rings. The second-order valence-corrected chi connectivity index (χ2v) is 4.22. The average Bonchev–Trinajstić information content (AvgIpc) is 2.11. The van der Waals surface area contributed by atoms with Gasteiger partial charge in [-0.25, -0.2) is 0 Å². The molecule has 0 unspecified atom stereocenters. The molecule has 0 radical (unpaired) electrons.